The number of nitrogens with zero attached hydrogens (tertiary/aromatic N) is 2. The van der Waals surface area contributed by atoms with Crippen LogP contribution in [-0.4, -0.2) is 40.1 Å². The van der Waals surface area contributed by atoms with E-state index in [9.17, 15) is 14.4 Å². The predicted octanol–water partition coefficient (Wildman–Crippen LogP) is 2.01. The fourth-order valence-electron chi connectivity index (χ4n) is 3.39. The van der Waals surface area contributed by atoms with Gasteiger partial charge in [-0.15, -0.1) is 6.58 Å². The molecule has 1 fully saturated rings. The highest BCUT2D eigenvalue weighted by molar-refractivity contribution is 6.23. The molecule has 0 N–H and O–H groups in total. The van der Waals surface area contributed by atoms with Gasteiger partial charge >= 0.3 is 0 Å². The molecule has 6 nitrogen and oxygen atoms in total. The van der Waals surface area contributed by atoms with Crippen LogP contribution < -0.4 is 0 Å². The van der Waals surface area contributed by atoms with Gasteiger partial charge in [0.25, 0.3) is 11.8 Å². The maximum atomic E-state index is 12.7. The Kier molecular flexibility index (Phi) is 3.13. The van der Waals surface area contributed by atoms with E-state index < -0.39 is 23.9 Å². The van der Waals surface area contributed by atoms with E-state index in [1.54, 1.807) is 41.3 Å². The van der Waals surface area contributed by atoms with Crippen molar-refractivity contribution in [3.05, 3.63) is 72.2 Å². The summed E-state index contributed by atoms with van der Waals surface area (Å²) >= 11 is 0. The van der Waals surface area contributed by atoms with Crippen molar-refractivity contribution in [2.45, 2.75) is 12.1 Å². The molecule has 3 heterocycles. The first-order chi connectivity index (χ1) is 11.6. The Morgan fingerprint density at radius 2 is 1.71 bits per heavy atom. The fourth-order valence-corrected chi connectivity index (χ4v) is 3.39. The SMILES string of the molecule is C=CCN1C(=O)[C@H](N2C(=O)c3ccccc3C2=O)[C@@H]1c1ccoc1. The number of likely N-dealkylation sites (tertiary alicyclic amines) is 1. The number of rotatable bonds is 4. The average molecular weight is 322 g/mol. The molecule has 0 spiro atoms. The van der Waals surface area contributed by atoms with E-state index in [1.165, 1.54) is 12.5 Å². The Morgan fingerprint density at radius 1 is 1.04 bits per heavy atom. The van der Waals surface area contributed by atoms with Gasteiger partial charge in [-0.1, -0.05) is 18.2 Å². The van der Waals surface area contributed by atoms with E-state index >= 15 is 0 Å². The summed E-state index contributed by atoms with van der Waals surface area (Å²) in [5.41, 5.74) is 1.42. The van der Waals surface area contributed by atoms with Gasteiger partial charge in [0.05, 0.1) is 29.7 Å². The van der Waals surface area contributed by atoms with Gasteiger partial charge in [0.15, 0.2) is 0 Å². The zero-order valence-electron chi connectivity index (χ0n) is 12.7. The summed E-state index contributed by atoms with van der Waals surface area (Å²) < 4.78 is 5.11. The number of hydrogen-bond acceptors (Lipinski definition) is 4. The molecular formula is C18H14N2O4. The molecule has 4 rings (SSSR count). The molecular weight excluding hydrogens is 308 g/mol. The van der Waals surface area contributed by atoms with Crippen LogP contribution >= 0.6 is 0 Å². The normalized spacial score (nSPS) is 22.6. The molecule has 0 aliphatic carbocycles. The zero-order chi connectivity index (χ0) is 16.8. The van der Waals surface area contributed by atoms with Crippen LogP contribution in [0.2, 0.25) is 0 Å². The lowest BCUT2D eigenvalue weighted by molar-refractivity contribution is -0.155. The fraction of sp³-hybridized carbons (Fsp3) is 0.167. The van der Waals surface area contributed by atoms with Gasteiger partial charge in [0.1, 0.15) is 6.04 Å². The topological polar surface area (TPSA) is 70.8 Å². The first kappa shape index (κ1) is 14.4. The average Bonchev–Trinajstić information content (AvgIpc) is 3.20. The maximum absolute atomic E-state index is 12.7. The Hall–Kier alpha value is -3.15. The molecule has 2 aromatic rings. The molecule has 2 aliphatic heterocycles. The largest absolute Gasteiger partial charge is 0.472 e. The summed E-state index contributed by atoms with van der Waals surface area (Å²) in [7, 11) is 0. The van der Waals surface area contributed by atoms with Crippen LogP contribution in [-0.2, 0) is 4.79 Å². The second kappa shape index (κ2) is 5.19. The van der Waals surface area contributed by atoms with Crippen molar-refractivity contribution in [2.24, 2.45) is 0 Å². The highest BCUT2D eigenvalue weighted by Gasteiger charge is 2.56. The molecule has 24 heavy (non-hydrogen) atoms. The van der Waals surface area contributed by atoms with Crippen molar-refractivity contribution in [1.29, 1.82) is 0 Å². The van der Waals surface area contributed by atoms with Crippen molar-refractivity contribution >= 4 is 17.7 Å². The van der Waals surface area contributed by atoms with Crippen molar-refractivity contribution in [2.75, 3.05) is 6.54 Å². The highest BCUT2D eigenvalue weighted by atomic mass is 16.3. The van der Waals surface area contributed by atoms with Crippen molar-refractivity contribution in [1.82, 2.24) is 9.80 Å². The third-order valence-corrected chi connectivity index (χ3v) is 4.49. The standard InChI is InChI=1S/C18H14N2O4/c1-2-8-19-14(11-7-9-24-10-11)15(18(19)23)20-16(21)12-5-3-4-6-13(12)17(20)22/h2-7,9-10,14-15H,1,8H2/t14-,15+/m0/s1. The molecule has 120 valence electrons. The Morgan fingerprint density at radius 3 is 2.25 bits per heavy atom. The Balaban J connectivity index is 1.73. The highest BCUT2D eigenvalue weighted by Crippen LogP contribution is 2.41. The number of benzene rings is 1. The van der Waals surface area contributed by atoms with E-state index in [0.717, 1.165) is 10.5 Å². The number of furan rings is 1. The summed E-state index contributed by atoms with van der Waals surface area (Å²) in [4.78, 5) is 40.6. The van der Waals surface area contributed by atoms with E-state index in [4.69, 9.17) is 4.42 Å². The molecule has 1 saturated heterocycles. The van der Waals surface area contributed by atoms with Crippen LogP contribution in [0.1, 0.15) is 32.3 Å². The van der Waals surface area contributed by atoms with E-state index in [1.807, 2.05) is 0 Å². The third kappa shape index (κ3) is 1.79. The maximum Gasteiger partial charge on any atom is 0.262 e. The van der Waals surface area contributed by atoms with Crippen LogP contribution in [0.5, 0.6) is 0 Å². The number of carbonyl (C=O) groups is 3. The first-order valence-corrected chi connectivity index (χ1v) is 7.55. The van der Waals surface area contributed by atoms with E-state index in [0.29, 0.717) is 17.7 Å². The molecule has 6 heteroatoms. The third-order valence-electron chi connectivity index (χ3n) is 4.49. The van der Waals surface area contributed by atoms with Gasteiger partial charge in [0, 0.05) is 12.1 Å². The minimum Gasteiger partial charge on any atom is -0.472 e. The summed E-state index contributed by atoms with van der Waals surface area (Å²) in [5.74, 6) is -1.13. The minimum absolute atomic E-state index is 0.268. The summed E-state index contributed by atoms with van der Waals surface area (Å²) in [5, 5.41) is 0. The smallest absolute Gasteiger partial charge is 0.262 e. The van der Waals surface area contributed by atoms with Gasteiger partial charge < -0.3 is 9.32 Å². The molecule has 0 bridgehead atoms. The van der Waals surface area contributed by atoms with Gasteiger partial charge in [0.2, 0.25) is 5.91 Å². The second-order valence-electron chi connectivity index (χ2n) is 5.75. The molecule has 0 saturated carbocycles. The summed E-state index contributed by atoms with van der Waals surface area (Å²) in [6.07, 6.45) is 4.64. The van der Waals surface area contributed by atoms with Gasteiger partial charge in [-0.25, -0.2) is 0 Å². The molecule has 3 amide bonds. The summed E-state index contributed by atoms with van der Waals surface area (Å²) in [6, 6.07) is 7.08. The summed E-state index contributed by atoms with van der Waals surface area (Å²) in [6.45, 7) is 3.99. The molecule has 0 unspecified atom stereocenters. The van der Waals surface area contributed by atoms with Crippen molar-refractivity contribution < 1.29 is 18.8 Å². The molecule has 1 aromatic heterocycles. The van der Waals surface area contributed by atoms with E-state index in [2.05, 4.69) is 6.58 Å². The number of hydrogen-bond donors (Lipinski definition) is 0. The van der Waals surface area contributed by atoms with Crippen LogP contribution in [0.15, 0.2) is 59.9 Å². The first-order valence-electron chi connectivity index (χ1n) is 7.55. The zero-order valence-corrected chi connectivity index (χ0v) is 12.7. The quantitative estimate of drug-likeness (QED) is 0.490. The molecule has 2 atom stereocenters. The monoisotopic (exact) mass is 322 g/mol. The van der Waals surface area contributed by atoms with Crippen LogP contribution in [0, 0.1) is 0 Å². The van der Waals surface area contributed by atoms with Crippen molar-refractivity contribution in [3.8, 4) is 0 Å². The molecule has 0 radical (unpaired) electrons. The van der Waals surface area contributed by atoms with Gasteiger partial charge in [-0.3, -0.25) is 19.3 Å². The number of imide groups is 1. The van der Waals surface area contributed by atoms with E-state index in [-0.39, 0.29) is 5.91 Å². The van der Waals surface area contributed by atoms with Crippen LogP contribution in [0.25, 0.3) is 0 Å². The number of amides is 3. The lowest BCUT2D eigenvalue weighted by atomic mass is 9.88. The van der Waals surface area contributed by atoms with Crippen LogP contribution in [0.4, 0.5) is 0 Å². The number of carbonyl (C=O) groups excluding carboxylic acids is 3. The Bertz CT molecular complexity index is 821. The lowest BCUT2D eigenvalue weighted by Crippen LogP contribution is -2.66. The van der Waals surface area contributed by atoms with Gasteiger partial charge in [-0.05, 0) is 18.2 Å². The van der Waals surface area contributed by atoms with Crippen LogP contribution in [0.3, 0.4) is 0 Å². The second-order valence-corrected chi connectivity index (χ2v) is 5.75. The number of β-lactam (4-membered cyclic amide) rings is 1. The number of fused-ring (bicyclic) bond motifs is 1. The lowest BCUT2D eigenvalue weighted by Gasteiger charge is -2.49. The molecule has 1 aromatic carbocycles. The molecule has 2 aliphatic rings. The predicted molar refractivity (Wildman–Crippen MR) is 84.1 cm³/mol. The van der Waals surface area contributed by atoms with Crippen molar-refractivity contribution in [3.63, 3.8) is 0 Å². The Labute approximate surface area is 138 Å². The van der Waals surface area contributed by atoms with Gasteiger partial charge in [-0.2, -0.15) is 0 Å². The minimum atomic E-state index is -0.852.